The Kier molecular flexibility index (Phi) is 7.43. The molecular formula is C12H18Cl2N4O2. The van der Waals surface area contributed by atoms with Gasteiger partial charge in [-0.25, -0.2) is 4.98 Å². The van der Waals surface area contributed by atoms with Crippen LogP contribution in [0.25, 0.3) is 0 Å². The van der Waals surface area contributed by atoms with Gasteiger partial charge in [0.1, 0.15) is 18.2 Å². The monoisotopic (exact) mass is 320 g/mol. The molecule has 20 heavy (non-hydrogen) atoms. The molecule has 0 aliphatic carbocycles. The van der Waals surface area contributed by atoms with Crippen LogP contribution in [0.4, 0.5) is 11.6 Å². The predicted octanol–water partition coefficient (Wildman–Crippen LogP) is 2.12. The number of hydrogen-bond acceptors (Lipinski definition) is 5. The molecule has 1 amide bonds. The van der Waals surface area contributed by atoms with E-state index in [4.69, 9.17) is 33.7 Å². The van der Waals surface area contributed by atoms with Gasteiger partial charge in [-0.15, -0.1) is 0 Å². The lowest BCUT2D eigenvalue weighted by atomic mass is 10.4. The molecule has 6 nitrogen and oxygen atoms in total. The first-order valence-electron chi connectivity index (χ1n) is 6.24. The molecule has 1 heterocycles. The van der Waals surface area contributed by atoms with E-state index in [0.29, 0.717) is 34.8 Å². The van der Waals surface area contributed by atoms with Crippen molar-refractivity contribution in [2.45, 2.75) is 13.3 Å². The summed E-state index contributed by atoms with van der Waals surface area (Å²) in [5.41, 5.74) is 4.95. The van der Waals surface area contributed by atoms with Crippen molar-refractivity contribution >= 4 is 40.7 Å². The minimum Gasteiger partial charge on any atom is -0.370 e. The zero-order chi connectivity index (χ0) is 15.0. The van der Waals surface area contributed by atoms with Gasteiger partial charge in [0.05, 0.1) is 16.7 Å². The number of amides is 1. The van der Waals surface area contributed by atoms with Crippen LogP contribution in [0.2, 0.25) is 10.0 Å². The fourth-order valence-corrected chi connectivity index (χ4v) is 1.86. The minimum absolute atomic E-state index is 0.104. The van der Waals surface area contributed by atoms with Gasteiger partial charge in [-0.05, 0) is 12.5 Å². The highest BCUT2D eigenvalue weighted by Crippen LogP contribution is 2.28. The number of anilines is 2. The molecule has 112 valence electrons. The Morgan fingerprint density at radius 2 is 1.90 bits per heavy atom. The predicted molar refractivity (Wildman–Crippen MR) is 81.5 cm³/mol. The number of primary amides is 1. The normalized spacial score (nSPS) is 10.3. The van der Waals surface area contributed by atoms with Crippen LogP contribution >= 0.6 is 23.2 Å². The maximum Gasteiger partial charge on any atom is 0.243 e. The Bertz CT molecular complexity index is 457. The summed E-state index contributed by atoms with van der Waals surface area (Å²) in [5, 5.41) is 7.02. The number of pyridine rings is 1. The lowest BCUT2D eigenvalue weighted by molar-refractivity contribution is -0.122. The van der Waals surface area contributed by atoms with Crippen molar-refractivity contribution in [2.75, 3.05) is 36.9 Å². The summed E-state index contributed by atoms with van der Waals surface area (Å²) in [6, 6.07) is 1.63. The van der Waals surface area contributed by atoms with Crippen LogP contribution in [-0.2, 0) is 9.53 Å². The lowest BCUT2D eigenvalue weighted by Gasteiger charge is -2.12. The first-order valence-corrected chi connectivity index (χ1v) is 7.00. The number of nitrogens with two attached hydrogens (primary N) is 1. The standard InChI is InChI=1S/C12H18Cl2N4O2/c1-2-3-16-11-8(13)6-9(14)12(18-11)17-4-5-20-7-10(15)19/h6H,2-5,7H2,1H3,(H2,15,19)(H2,16,17,18). The van der Waals surface area contributed by atoms with E-state index >= 15 is 0 Å². The first-order chi connectivity index (χ1) is 9.54. The van der Waals surface area contributed by atoms with E-state index < -0.39 is 5.91 Å². The molecule has 0 unspecified atom stereocenters. The molecular weight excluding hydrogens is 303 g/mol. The van der Waals surface area contributed by atoms with E-state index in [2.05, 4.69) is 15.6 Å². The Hall–Kier alpha value is -1.24. The third kappa shape index (κ3) is 5.81. The Morgan fingerprint density at radius 3 is 2.45 bits per heavy atom. The van der Waals surface area contributed by atoms with Crippen molar-refractivity contribution in [2.24, 2.45) is 5.73 Å². The van der Waals surface area contributed by atoms with Crippen LogP contribution < -0.4 is 16.4 Å². The number of hydrogen-bond donors (Lipinski definition) is 3. The van der Waals surface area contributed by atoms with E-state index in [-0.39, 0.29) is 6.61 Å². The van der Waals surface area contributed by atoms with Gasteiger partial charge in [0, 0.05) is 13.1 Å². The van der Waals surface area contributed by atoms with Crippen molar-refractivity contribution in [1.29, 1.82) is 0 Å². The van der Waals surface area contributed by atoms with Gasteiger partial charge < -0.3 is 21.1 Å². The van der Waals surface area contributed by atoms with Crippen LogP contribution in [0.15, 0.2) is 6.07 Å². The van der Waals surface area contributed by atoms with Crippen molar-refractivity contribution < 1.29 is 9.53 Å². The molecule has 0 aliphatic rings. The zero-order valence-electron chi connectivity index (χ0n) is 11.2. The van der Waals surface area contributed by atoms with Crippen LogP contribution in [0, 0.1) is 0 Å². The van der Waals surface area contributed by atoms with Gasteiger partial charge >= 0.3 is 0 Å². The Labute approximate surface area is 128 Å². The highest BCUT2D eigenvalue weighted by Gasteiger charge is 2.08. The zero-order valence-corrected chi connectivity index (χ0v) is 12.7. The second-order valence-electron chi connectivity index (χ2n) is 4.02. The molecule has 0 aliphatic heterocycles. The van der Waals surface area contributed by atoms with E-state index in [9.17, 15) is 4.79 Å². The summed E-state index contributed by atoms with van der Waals surface area (Å²) in [5.74, 6) is 0.592. The molecule has 0 aromatic carbocycles. The molecule has 1 aromatic heterocycles. The highest BCUT2D eigenvalue weighted by molar-refractivity contribution is 6.37. The average Bonchev–Trinajstić information content (AvgIpc) is 2.39. The van der Waals surface area contributed by atoms with Crippen LogP contribution in [0.5, 0.6) is 0 Å². The Balaban J connectivity index is 2.53. The van der Waals surface area contributed by atoms with Gasteiger partial charge in [-0.3, -0.25) is 4.79 Å². The van der Waals surface area contributed by atoms with E-state index in [1.165, 1.54) is 0 Å². The van der Waals surface area contributed by atoms with Crippen molar-refractivity contribution in [1.82, 2.24) is 4.98 Å². The molecule has 0 saturated heterocycles. The quantitative estimate of drug-likeness (QED) is 0.606. The molecule has 1 rings (SSSR count). The smallest absolute Gasteiger partial charge is 0.243 e. The van der Waals surface area contributed by atoms with Gasteiger partial charge in [-0.1, -0.05) is 30.1 Å². The number of nitrogens with one attached hydrogen (secondary N) is 2. The molecule has 4 N–H and O–H groups in total. The summed E-state index contributed by atoms with van der Waals surface area (Å²) in [6.45, 7) is 3.49. The highest BCUT2D eigenvalue weighted by atomic mass is 35.5. The SMILES string of the molecule is CCCNc1nc(NCCOCC(N)=O)c(Cl)cc1Cl. The summed E-state index contributed by atoms with van der Waals surface area (Å²) in [6.07, 6.45) is 0.963. The molecule has 8 heteroatoms. The molecule has 0 bridgehead atoms. The summed E-state index contributed by atoms with van der Waals surface area (Å²) in [7, 11) is 0. The minimum atomic E-state index is -0.501. The molecule has 1 aromatic rings. The average molecular weight is 321 g/mol. The van der Waals surface area contributed by atoms with Crippen LogP contribution in [0.1, 0.15) is 13.3 Å². The van der Waals surface area contributed by atoms with Gasteiger partial charge in [-0.2, -0.15) is 0 Å². The number of rotatable bonds is 9. The topological polar surface area (TPSA) is 89.3 Å². The second kappa shape index (κ2) is 8.84. The van der Waals surface area contributed by atoms with Crippen molar-refractivity contribution in [3.63, 3.8) is 0 Å². The van der Waals surface area contributed by atoms with Gasteiger partial charge in [0.25, 0.3) is 0 Å². The largest absolute Gasteiger partial charge is 0.370 e. The van der Waals surface area contributed by atoms with E-state index in [0.717, 1.165) is 13.0 Å². The van der Waals surface area contributed by atoms with Gasteiger partial charge in [0.15, 0.2) is 0 Å². The number of aromatic nitrogens is 1. The maximum atomic E-state index is 10.5. The third-order valence-electron chi connectivity index (χ3n) is 2.26. The number of halogens is 2. The van der Waals surface area contributed by atoms with E-state index in [1.807, 2.05) is 6.92 Å². The summed E-state index contributed by atoms with van der Waals surface area (Å²) < 4.78 is 5.03. The molecule has 0 spiro atoms. The lowest BCUT2D eigenvalue weighted by Crippen LogP contribution is -2.20. The third-order valence-corrected chi connectivity index (χ3v) is 2.83. The molecule has 0 atom stereocenters. The summed E-state index contributed by atoms with van der Waals surface area (Å²) in [4.78, 5) is 14.8. The molecule has 0 fully saturated rings. The second-order valence-corrected chi connectivity index (χ2v) is 4.84. The number of carbonyl (C=O) groups excluding carboxylic acids is 1. The molecule has 0 radical (unpaired) electrons. The molecule has 0 saturated carbocycles. The number of nitrogens with zero attached hydrogens (tertiary/aromatic N) is 1. The van der Waals surface area contributed by atoms with E-state index in [1.54, 1.807) is 6.07 Å². The number of carbonyl (C=O) groups is 1. The maximum absolute atomic E-state index is 10.5. The number of ether oxygens (including phenoxy) is 1. The fourth-order valence-electron chi connectivity index (χ4n) is 1.37. The summed E-state index contributed by atoms with van der Waals surface area (Å²) >= 11 is 12.1. The van der Waals surface area contributed by atoms with Crippen molar-refractivity contribution in [3.05, 3.63) is 16.1 Å². The van der Waals surface area contributed by atoms with Crippen LogP contribution in [0.3, 0.4) is 0 Å². The fraction of sp³-hybridized carbons (Fsp3) is 0.500. The van der Waals surface area contributed by atoms with Crippen molar-refractivity contribution in [3.8, 4) is 0 Å². The van der Waals surface area contributed by atoms with Crippen LogP contribution in [-0.4, -0.2) is 37.2 Å². The first kappa shape index (κ1) is 16.8. The Morgan fingerprint density at radius 1 is 1.30 bits per heavy atom. The van der Waals surface area contributed by atoms with Gasteiger partial charge in [0.2, 0.25) is 5.91 Å².